The zero-order valence-electron chi connectivity index (χ0n) is 8.87. The van der Waals surface area contributed by atoms with Gasteiger partial charge < -0.3 is 4.79 Å². The zero-order chi connectivity index (χ0) is 11.3. The van der Waals surface area contributed by atoms with Crippen molar-refractivity contribution < 1.29 is 4.79 Å². The molecular weight excluding hydrogens is 208 g/mol. The van der Waals surface area contributed by atoms with E-state index in [-0.39, 0.29) is 5.92 Å². The van der Waals surface area contributed by atoms with Gasteiger partial charge in [0.2, 0.25) is 0 Å². The molecule has 1 nitrogen and oxygen atoms in total. The molecule has 0 aliphatic heterocycles. The number of hydrogen-bond donors (Lipinski definition) is 0. The maximum Gasteiger partial charge on any atom is 0.120 e. The van der Waals surface area contributed by atoms with E-state index in [1.54, 1.807) is 0 Å². The first-order chi connectivity index (χ1) is 7.15. The van der Waals surface area contributed by atoms with Gasteiger partial charge in [-0.1, -0.05) is 35.9 Å². The summed E-state index contributed by atoms with van der Waals surface area (Å²) in [6.45, 7) is 5.95. The fraction of sp³-hybridized carbons (Fsp3) is 0.308. The molecule has 0 bridgehead atoms. The van der Waals surface area contributed by atoms with Gasteiger partial charge in [0.25, 0.3) is 0 Å². The molecule has 0 aliphatic rings. The third-order valence-corrected chi connectivity index (χ3v) is 2.69. The van der Waals surface area contributed by atoms with E-state index in [9.17, 15) is 4.79 Å². The molecule has 1 aromatic carbocycles. The predicted octanol–water partition coefficient (Wildman–Crippen LogP) is 3.98. The number of carbonyl (C=O) groups is 1. The van der Waals surface area contributed by atoms with Crippen LogP contribution in [-0.4, -0.2) is 6.29 Å². The maximum absolute atomic E-state index is 10.4. The standard InChI is InChI=1S/C13H15ClO/c1-10(2)13(4-3-9-15)11-5-7-12(14)8-6-11/h5-9,13H,1,3-4H2,2H3. The van der Waals surface area contributed by atoms with Crippen molar-refractivity contribution in [1.29, 1.82) is 0 Å². The van der Waals surface area contributed by atoms with Gasteiger partial charge in [-0.15, -0.1) is 0 Å². The highest BCUT2D eigenvalue weighted by Gasteiger charge is 2.11. The number of benzene rings is 1. The Morgan fingerprint density at radius 1 is 1.47 bits per heavy atom. The van der Waals surface area contributed by atoms with Gasteiger partial charge in [-0.3, -0.25) is 0 Å². The second-order valence-corrected chi connectivity index (χ2v) is 4.13. The van der Waals surface area contributed by atoms with Crippen LogP contribution in [0.2, 0.25) is 5.02 Å². The molecule has 1 aromatic rings. The lowest BCUT2D eigenvalue weighted by Gasteiger charge is -2.16. The van der Waals surface area contributed by atoms with E-state index < -0.39 is 0 Å². The molecule has 0 heterocycles. The number of carbonyl (C=O) groups excluding carboxylic acids is 1. The SMILES string of the molecule is C=C(C)C(CCC=O)c1ccc(Cl)cc1. The molecule has 0 aliphatic carbocycles. The summed E-state index contributed by atoms with van der Waals surface area (Å²) in [4.78, 5) is 10.4. The molecule has 0 saturated heterocycles. The molecule has 0 aromatic heterocycles. The molecule has 0 fully saturated rings. The second kappa shape index (κ2) is 5.72. The Morgan fingerprint density at radius 2 is 2.07 bits per heavy atom. The van der Waals surface area contributed by atoms with Crippen molar-refractivity contribution in [3.8, 4) is 0 Å². The number of aldehydes is 1. The summed E-state index contributed by atoms with van der Waals surface area (Å²) in [6.07, 6.45) is 2.34. The van der Waals surface area contributed by atoms with Gasteiger partial charge in [-0.05, 0) is 31.0 Å². The molecule has 1 rings (SSSR count). The van der Waals surface area contributed by atoms with Gasteiger partial charge in [0.15, 0.2) is 0 Å². The monoisotopic (exact) mass is 222 g/mol. The van der Waals surface area contributed by atoms with Crippen LogP contribution in [0.4, 0.5) is 0 Å². The molecule has 0 saturated carbocycles. The summed E-state index contributed by atoms with van der Waals surface area (Å²) >= 11 is 5.82. The molecular formula is C13H15ClO. The van der Waals surface area contributed by atoms with Crippen molar-refractivity contribution in [2.24, 2.45) is 0 Å². The highest BCUT2D eigenvalue weighted by Crippen LogP contribution is 2.28. The summed E-state index contributed by atoms with van der Waals surface area (Å²) < 4.78 is 0. The van der Waals surface area contributed by atoms with E-state index in [2.05, 4.69) is 6.58 Å². The van der Waals surface area contributed by atoms with Gasteiger partial charge in [0.05, 0.1) is 0 Å². The smallest absolute Gasteiger partial charge is 0.120 e. The van der Waals surface area contributed by atoms with Crippen LogP contribution in [-0.2, 0) is 4.79 Å². The quantitative estimate of drug-likeness (QED) is 0.544. The number of allylic oxidation sites excluding steroid dienone is 1. The summed E-state index contributed by atoms with van der Waals surface area (Å²) in [5.41, 5.74) is 2.26. The van der Waals surface area contributed by atoms with Gasteiger partial charge in [0.1, 0.15) is 6.29 Å². The maximum atomic E-state index is 10.4. The number of hydrogen-bond acceptors (Lipinski definition) is 1. The summed E-state index contributed by atoms with van der Waals surface area (Å²) in [5.74, 6) is 0.257. The largest absolute Gasteiger partial charge is 0.303 e. The molecule has 2 heteroatoms. The van der Waals surface area contributed by atoms with Crippen molar-refractivity contribution in [1.82, 2.24) is 0 Å². The average Bonchev–Trinajstić information content (AvgIpc) is 2.21. The van der Waals surface area contributed by atoms with Crippen molar-refractivity contribution in [3.05, 3.63) is 47.0 Å². The molecule has 0 radical (unpaired) electrons. The highest BCUT2D eigenvalue weighted by molar-refractivity contribution is 6.30. The Balaban J connectivity index is 2.83. The van der Waals surface area contributed by atoms with E-state index in [1.807, 2.05) is 31.2 Å². The zero-order valence-corrected chi connectivity index (χ0v) is 9.63. The lowest BCUT2D eigenvalue weighted by Crippen LogP contribution is -2.00. The molecule has 1 unspecified atom stereocenters. The van der Waals surface area contributed by atoms with E-state index >= 15 is 0 Å². The first-order valence-corrected chi connectivity index (χ1v) is 5.37. The Labute approximate surface area is 95.8 Å². The number of rotatable bonds is 5. The predicted molar refractivity (Wildman–Crippen MR) is 64.3 cm³/mol. The van der Waals surface area contributed by atoms with Crippen LogP contribution < -0.4 is 0 Å². The lowest BCUT2D eigenvalue weighted by molar-refractivity contribution is -0.107. The molecule has 15 heavy (non-hydrogen) atoms. The van der Waals surface area contributed by atoms with Gasteiger partial charge in [0, 0.05) is 17.4 Å². The van der Waals surface area contributed by atoms with Crippen LogP contribution in [0, 0.1) is 0 Å². The van der Waals surface area contributed by atoms with Crippen LogP contribution in [0.5, 0.6) is 0 Å². The van der Waals surface area contributed by atoms with E-state index in [0.29, 0.717) is 6.42 Å². The first-order valence-electron chi connectivity index (χ1n) is 4.99. The average molecular weight is 223 g/mol. The van der Waals surface area contributed by atoms with Gasteiger partial charge in [-0.2, -0.15) is 0 Å². The fourth-order valence-electron chi connectivity index (χ4n) is 1.63. The van der Waals surface area contributed by atoms with E-state index in [1.165, 1.54) is 5.56 Å². The molecule has 80 valence electrons. The summed E-state index contributed by atoms with van der Waals surface area (Å²) in [6, 6.07) is 7.72. The Hall–Kier alpha value is -1.08. The first kappa shape index (κ1) is 12.0. The minimum Gasteiger partial charge on any atom is -0.303 e. The Bertz CT molecular complexity index is 340. The molecule has 0 spiro atoms. The molecule has 0 N–H and O–H groups in total. The van der Waals surface area contributed by atoms with Crippen molar-refractivity contribution in [2.45, 2.75) is 25.7 Å². The lowest BCUT2D eigenvalue weighted by atomic mass is 9.89. The van der Waals surface area contributed by atoms with Crippen molar-refractivity contribution in [2.75, 3.05) is 0 Å². The third-order valence-electron chi connectivity index (χ3n) is 2.44. The normalized spacial score (nSPS) is 12.1. The summed E-state index contributed by atoms with van der Waals surface area (Å²) in [5, 5.41) is 0.731. The van der Waals surface area contributed by atoms with Crippen LogP contribution in [0.3, 0.4) is 0 Å². The third kappa shape index (κ3) is 3.52. The minimum atomic E-state index is 0.257. The van der Waals surface area contributed by atoms with Crippen LogP contribution in [0.1, 0.15) is 31.2 Å². The Kier molecular flexibility index (Phi) is 4.57. The van der Waals surface area contributed by atoms with E-state index in [0.717, 1.165) is 23.3 Å². The van der Waals surface area contributed by atoms with Crippen molar-refractivity contribution in [3.63, 3.8) is 0 Å². The fourth-order valence-corrected chi connectivity index (χ4v) is 1.75. The van der Waals surface area contributed by atoms with Crippen LogP contribution >= 0.6 is 11.6 Å². The Morgan fingerprint density at radius 3 is 2.53 bits per heavy atom. The van der Waals surface area contributed by atoms with Crippen LogP contribution in [0.15, 0.2) is 36.4 Å². The molecule has 0 amide bonds. The second-order valence-electron chi connectivity index (χ2n) is 3.69. The van der Waals surface area contributed by atoms with Crippen LogP contribution in [0.25, 0.3) is 0 Å². The van der Waals surface area contributed by atoms with Gasteiger partial charge in [-0.25, -0.2) is 0 Å². The van der Waals surface area contributed by atoms with Crippen molar-refractivity contribution >= 4 is 17.9 Å². The van der Waals surface area contributed by atoms with Gasteiger partial charge >= 0.3 is 0 Å². The minimum absolute atomic E-state index is 0.257. The summed E-state index contributed by atoms with van der Waals surface area (Å²) in [7, 11) is 0. The number of halogens is 1. The topological polar surface area (TPSA) is 17.1 Å². The highest BCUT2D eigenvalue weighted by atomic mass is 35.5. The van der Waals surface area contributed by atoms with E-state index in [4.69, 9.17) is 11.6 Å². The molecule has 1 atom stereocenters.